The zero-order valence-electron chi connectivity index (χ0n) is 6.47. The molecule has 2 aromatic rings. The van der Waals surface area contributed by atoms with Gasteiger partial charge in [-0.1, -0.05) is 12.1 Å². The van der Waals surface area contributed by atoms with E-state index in [2.05, 4.69) is 4.98 Å². The monoisotopic (exact) mass is 289 g/mol. The normalized spacial score (nSPS) is 10.6. The minimum atomic E-state index is -0.330. The molecule has 0 saturated carbocycles. The van der Waals surface area contributed by atoms with Gasteiger partial charge in [-0.3, -0.25) is 4.79 Å². The van der Waals surface area contributed by atoms with Crippen molar-refractivity contribution < 1.29 is 9.18 Å². The van der Waals surface area contributed by atoms with Crippen LogP contribution in [0.5, 0.6) is 0 Å². The van der Waals surface area contributed by atoms with Gasteiger partial charge in [-0.2, -0.15) is 0 Å². The largest absolute Gasteiger partial charge is 0.347 e. The third-order valence-corrected chi connectivity index (χ3v) is 2.74. The van der Waals surface area contributed by atoms with E-state index in [0.29, 0.717) is 20.2 Å². The quantitative estimate of drug-likeness (QED) is 0.635. The van der Waals surface area contributed by atoms with Gasteiger partial charge in [-0.15, -0.1) is 0 Å². The van der Waals surface area contributed by atoms with Gasteiger partial charge in [0.25, 0.3) is 0 Å². The fourth-order valence-electron chi connectivity index (χ4n) is 1.29. The highest BCUT2D eigenvalue weighted by Gasteiger charge is 2.10. The third kappa shape index (κ3) is 1.25. The predicted octanol–water partition coefficient (Wildman–Crippen LogP) is 2.72. The van der Waals surface area contributed by atoms with Crippen LogP contribution in [0.2, 0.25) is 0 Å². The van der Waals surface area contributed by atoms with Gasteiger partial charge >= 0.3 is 0 Å². The molecule has 66 valence electrons. The Kier molecular flexibility index (Phi) is 2.07. The molecule has 1 heterocycles. The van der Waals surface area contributed by atoms with Crippen LogP contribution in [0.25, 0.3) is 10.9 Å². The standard InChI is InChI=1S/C9H5FINO/c10-7-3-1-2-5-6(4-13)9(11)12-8(5)7/h1-4,12H. The van der Waals surface area contributed by atoms with Gasteiger partial charge in [0.15, 0.2) is 6.29 Å². The van der Waals surface area contributed by atoms with E-state index in [1.807, 2.05) is 22.6 Å². The predicted molar refractivity (Wildman–Crippen MR) is 56.4 cm³/mol. The lowest BCUT2D eigenvalue weighted by Crippen LogP contribution is -1.79. The van der Waals surface area contributed by atoms with Crippen LogP contribution in [0, 0.1) is 9.52 Å². The summed E-state index contributed by atoms with van der Waals surface area (Å²) in [5.74, 6) is -0.330. The smallest absolute Gasteiger partial charge is 0.153 e. The lowest BCUT2D eigenvalue weighted by molar-refractivity contribution is 0.112. The SMILES string of the molecule is O=Cc1c(I)[nH]c2c(F)cccc12. The Balaban J connectivity index is 2.93. The molecule has 0 radical (unpaired) electrons. The van der Waals surface area contributed by atoms with E-state index >= 15 is 0 Å². The molecule has 0 aliphatic rings. The topological polar surface area (TPSA) is 32.9 Å². The number of aromatic nitrogens is 1. The Hall–Kier alpha value is -0.910. The van der Waals surface area contributed by atoms with Crippen LogP contribution in [-0.4, -0.2) is 11.3 Å². The molecule has 0 saturated heterocycles. The van der Waals surface area contributed by atoms with E-state index in [1.165, 1.54) is 6.07 Å². The van der Waals surface area contributed by atoms with E-state index in [0.717, 1.165) is 6.29 Å². The van der Waals surface area contributed by atoms with Crippen LogP contribution < -0.4 is 0 Å². The first-order valence-electron chi connectivity index (χ1n) is 3.65. The molecule has 1 aromatic carbocycles. The second-order valence-corrected chi connectivity index (χ2v) is 3.71. The molecule has 2 nitrogen and oxygen atoms in total. The number of halogens is 2. The first-order valence-corrected chi connectivity index (χ1v) is 4.73. The van der Waals surface area contributed by atoms with Gasteiger partial charge in [-0.05, 0) is 28.7 Å². The number of carbonyl (C=O) groups is 1. The molecule has 0 amide bonds. The fourth-order valence-corrected chi connectivity index (χ4v) is 1.97. The number of hydrogen-bond acceptors (Lipinski definition) is 1. The molecule has 0 atom stereocenters. The van der Waals surface area contributed by atoms with E-state index < -0.39 is 0 Å². The number of aromatic amines is 1. The number of hydrogen-bond donors (Lipinski definition) is 1. The molecule has 4 heteroatoms. The van der Waals surface area contributed by atoms with Gasteiger partial charge < -0.3 is 4.98 Å². The summed E-state index contributed by atoms with van der Waals surface area (Å²) in [5, 5.41) is 0.638. The molecule has 0 aliphatic carbocycles. The lowest BCUT2D eigenvalue weighted by atomic mass is 10.2. The first-order chi connectivity index (χ1) is 6.24. The number of aldehydes is 1. The van der Waals surface area contributed by atoms with Crippen molar-refractivity contribution in [2.24, 2.45) is 0 Å². The maximum atomic E-state index is 13.2. The van der Waals surface area contributed by atoms with Crippen LogP contribution in [0.4, 0.5) is 4.39 Å². The third-order valence-electron chi connectivity index (χ3n) is 1.89. The van der Waals surface area contributed by atoms with Crippen LogP contribution >= 0.6 is 22.6 Å². The molecule has 0 spiro atoms. The molecule has 1 aromatic heterocycles. The van der Waals surface area contributed by atoms with Gasteiger partial charge in [0.1, 0.15) is 5.82 Å². The fraction of sp³-hybridized carbons (Fsp3) is 0. The molecule has 0 unspecified atom stereocenters. The minimum absolute atomic E-state index is 0.330. The van der Waals surface area contributed by atoms with E-state index in [9.17, 15) is 9.18 Å². The second kappa shape index (κ2) is 3.10. The van der Waals surface area contributed by atoms with Gasteiger partial charge in [0.05, 0.1) is 14.8 Å². The summed E-state index contributed by atoms with van der Waals surface area (Å²) >= 11 is 1.98. The van der Waals surface area contributed by atoms with Gasteiger partial charge in [0, 0.05) is 5.39 Å². The molecule has 2 rings (SSSR count). The van der Waals surface area contributed by atoms with Crippen molar-refractivity contribution in [1.82, 2.24) is 4.98 Å². The Morgan fingerprint density at radius 2 is 2.23 bits per heavy atom. The first kappa shape index (κ1) is 8.68. The molecular formula is C9H5FINO. The average molecular weight is 289 g/mol. The summed E-state index contributed by atoms with van der Waals surface area (Å²) in [5.41, 5.74) is 0.920. The Morgan fingerprint density at radius 3 is 2.92 bits per heavy atom. The van der Waals surface area contributed by atoms with Crippen LogP contribution in [-0.2, 0) is 0 Å². The van der Waals surface area contributed by atoms with Crippen LogP contribution in [0.3, 0.4) is 0 Å². The number of fused-ring (bicyclic) bond motifs is 1. The average Bonchev–Trinajstić information content (AvgIpc) is 2.43. The summed E-state index contributed by atoms with van der Waals surface area (Å²) in [6, 6.07) is 4.68. The minimum Gasteiger partial charge on any atom is -0.347 e. The Labute approximate surface area is 87.3 Å². The van der Waals surface area contributed by atoms with E-state index in [1.54, 1.807) is 12.1 Å². The van der Waals surface area contributed by atoms with Gasteiger partial charge in [-0.25, -0.2) is 4.39 Å². The number of nitrogens with one attached hydrogen (secondary N) is 1. The number of H-pyrrole nitrogens is 1. The molecule has 1 N–H and O–H groups in total. The molecular weight excluding hydrogens is 284 g/mol. The number of carbonyl (C=O) groups excluding carboxylic acids is 1. The highest BCUT2D eigenvalue weighted by Crippen LogP contribution is 2.23. The van der Waals surface area contributed by atoms with Crippen LogP contribution in [0.15, 0.2) is 18.2 Å². The van der Waals surface area contributed by atoms with E-state index in [-0.39, 0.29) is 5.82 Å². The van der Waals surface area contributed by atoms with Crippen LogP contribution in [0.1, 0.15) is 10.4 Å². The summed E-state index contributed by atoms with van der Waals surface area (Å²) in [6.07, 6.45) is 0.736. The number of para-hydroxylation sites is 1. The van der Waals surface area contributed by atoms with Crippen molar-refractivity contribution in [3.05, 3.63) is 33.3 Å². The van der Waals surface area contributed by atoms with Crippen molar-refractivity contribution in [2.75, 3.05) is 0 Å². The summed E-state index contributed by atoms with van der Waals surface area (Å²) < 4.78 is 13.8. The lowest BCUT2D eigenvalue weighted by Gasteiger charge is -1.90. The number of benzene rings is 1. The Morgan fingerprint density at radius 1 is 1.46 bits per heavy atom. The van der Waals surface area contributed by atoms with E-state index in [4.69, 9.17) is 0 Å². The number of rotatable bonds is 1. The summed E-state index contributed by atoms with van der Waals surface area (Å²) in [6.45, 7) is 0. The second-order valence-electron chi connectivity index (χ2n) is 2.63. The zero-order chi connectivity index (χ0) is 9.42. The molecule has 0 bridgehead atoms. The van der Waals surface area contributed by atoms with Crippen molar-refractivity contribution >= 4 is 39.8 Å². The molecule has 13 heavy (non-hydrogen) atoms. The van der Waals surface area contributed by atoms with Crippen molar-refractivity contribution in [1.29, 1.82) is 0 Å². The maximum Gasteiger partial charge on any atom is 0.153 e. The van der Waals surface area contributed by atoms with Crippen molar-refractivity contribution in [2.45, 2.75) is 0 Å². The van der Waals surface area contributed by atoms with Gasteiger partial charge in [0.2, 0.25) is 0 Å². The highest BCUT2D eigenvalue weighted by molar-refractivity contribution is 14.1. The summed E-state index contributed by atoms with van der Waals surface area (Å²) in [4.78, 5) is 13.5. The molecule has 0 fully saturated rings. The van der Waals surface area contributed by atoms with Crippen molar-refractivity contribution in [3.8, 4) is 0 Å². The zero-order valence-corrected chi connectivity index (χ0v) is 8.63. The summed E-state index contributed by atoms with van der Waals surface area (Å²) in [7, 11) is 0. The maximum absolute atomic E-state index is 13.2. The molecule has 0 aliphatic heterocycles. The Bertz CT molecular complexity index is 478. The van der Waals surface area contributed by atoms with Crippen molar-refractivity contribution in [3.63, 3.8) is 0 Å². The highest BCUT2D eigenvalue weighted by atomic mass is 127.